The molecule has 130 valence electrons. The van der Waals surface area contributed by atoms with Gasteiger partial charge in [-0.25, -0.2) is 13.2 Å². The van der Waals surface area contributed by atoms with Gasteiger partial charge in [-0.05, 0) is 30.2 Å². The van der Waals surface area contributed by atoms with Gasteiger partial charge >= 0.3 is 6.03 Å². The zero-order chi connectivity index (χ0) is 17.7. The van der Waals surface area contributed by atoms with Crippen molar-refractivity contribution in [3.63, 3.8) is 0 Å². The van der Waals surface area contributed by atoms with E-state index in [4.69, 9.17) is 0 Å². The maximum Gasteiger partial charge on any atom is 0.319 e. The van der Waals surface area contributed by atoms with Crippen molar-refractivity contribution in [1.29, 1.82) is 0 Å². The minimum Gasteiger partial charge on any atom is -0.349 e. The van der Waals surface area contributed by atoms with Crippen molar-refractivity contribution in [2.24, 2.45) is 0 Å². The molecule has 0 aromatic heterocycles. The highest BCUT2D eigenvalue weighted by Gasteiger charge is 2.22. The van der Waals surface area contributed by atoms with E-state index >= 15 is 0 Å². The maximum absolute atomic E-state index is 11.9. The van der Waals surface area contributed by atoms with Crippen LogP contribution in [0, 0.1) is 0 Å². The standard InChI is InChI=1S/C16H21N3O4S/c1-19(2)15(20)7-6-12-4-3-5-13(10-12)17-16(21)18-14-8-9-24(22,23)11-14/h3-5,8-10,14H,6-7,11H2,1-2H3,(H2,17,18,21)/t14-/m1/s1. The van der Waals surface area contributed by atoms with Crippen molar-refractivity contribution >= 4 is 27.5 Å². The van der Waals surface area contributed by atoms with E-state index < -0.39 is 21.9 Å². The molecular formula is C16H21N3O4S. The molecule has 1 atom stereocenters. The summed E-state index contributed by atoms with van der Waals surface area (Å²) < 4.78 is 22.6. The van der Waals surface area contributed by atoms with Crippen LogP contribution in [0.3, 0.4) is 0 Å². The van der Waals surface area contributed by atoms with Gasteiger partial charge in [-0.1, -0.05) is 12.1 Å². The first-order valence-corrected chi connectivity index (χ1v) is 9.24. The topological polar surface area (TPSA) is 95.6 Å². The molecule has 0 saturated carbocycles. The molecule has 1 aromatic rings. The number of nitrogens with zero attached hydrogens (tertiary/aromatic N) is 1. The summed E-state index contributed by atoms with van der Waals surface area (Å²) in [4.78, 5) is 25.1. The Labute approximate surface area is 141 Å². The Kier molecular flexibility index (Phi) is 5.61. The summed E-state index contributed by atoms with van der Waals surface area (Å²) >= 11 is 0. The lowest BCUT2D eigenvalue weighted by molar-refractivity contribution is -0.128. The van der Waals surface area contributed by atoms with E-state index in [0.29, 0.717) is 18.5 Å². The molecule has 24 heavy (non-hydrogen) atoms. The Morgan fingerprint density at radius 1 is 1.29 bits per heavy atom. The molecule has 3 amide bonds. The first-order chi connectivity index (χ1) is 11.2. The van der Waals surface area contributed by atoms with Gasteiger partial charge in [-0.2, -0.15) is 0 Å². The summed E-state index contributed by atoms with van der Waals surface area (Å²) in [5.74, 6) is -0.0760. The molecule has 0 bridgehead atoms. The molecule has 2 N–H and O–H groups in total. The summed E-state index contributed by atoms with van der Waals surface area (Å²) in [5.41, 5.74) is 1.53. The summed E-state index contributed by atoms with van der Waals surface area (Å²) in [6.45, 7) is 0. The molecule has 7 nitrogen and oxygen atoms in total. The fraction of sp³-hybridized carbons (Fsp3) is 0.375. The fourth-order valence-electron chi connectivity index (χ4n) is 2.28. The second-order valence-corrected chi connectivity index (χ2v) is 7.78. The van der Waals surface area contributed by atoms with Crippen molar-refractivity contribution in [2.45, 2.75) is 18.9 Å². The molecule has 0 radical (unpaired) electrons. The molecule has 0 fully saturated rings. The van der Waals surface area contributed by atoms with E-state index in [1.165, 1.54) is 6.08 Å². The Hall–Kier alpha value is -2.35. The average molecular weight is 351 g/mol. The van der Waals surface area contributed by atoms with Crippen LogP contribution < -0.4 is 10.6 Å². The second-order valence-electron chi connectivity index (χ2n) is 5.85. The third-order valence-electron chi connectivity index (χ3n) is 3.56. The summed E-state index contributed by atoms with van der Waals surface area (Å²) in [6, 6.07) is 6.23. The van der Waals surface area contributed by atoms with E-state index in [1.54, 1.807) is 37.2 Å². The van der Waals surface area contributed by atoms with Gasteiger partial charge in [-0.3, -0.25) is 4.79 Å². The molecule has 1 heterocycles. The van der Waals surface area contributed by atoms with Crippen LogP contribution >= 0.6 is 0 Å². The van der Waals surface area contributed by atoms with Gasteiger partial charge in [0, 0.05) is 31.6 Å². The summed E-state index contributed by atoms with van der Waals surface area (Å²) in [6.07, 6.45) is 2.43. The third kappa shape index (κ3) is 5.38. The zero-order valence-corrected chi connectivity index (χ0v) is 14.5. The predicted octanol–water partition coefficient (Wildman–Crippen LogP) is 1.14. The number of sulfone groups is 1. The number of rotatable bonds is 5. The number of anilines is 1. The fourth-order valence-corrected chi connectivity index (χ4v) is 3.52. The Bertz CT molecular complexity index is 756. The number of hydrogen-bond donors (Lipinski definition) is 2. The van der Waals surface area contributed by atoms with Gasteiger partial charge in [0.1, 0.15) is 0 Å². The van der Waals surface area contributed by atoms with Crippen LogP contribution in [-0.4, -0.2) is 51.1 Å². The molecule has 1 aliphatic heterocycles. The van der Waals surface area contributed by atoms with E-state index in [2.05, 4.69) is 10.6 Å². The van der Waals surface area contributed by atoms with Crippen LogP contribution in [0.1, 0.15) is 12.0 Å². The number of carbonyl (C=O) groups is 2. The summed E-state index contributed by atoms with van der Waals surface area (Å²) in [7, 11) is 0.219. The van der Waals surface area contributed by atoms with Gasteiger partial charge in [0.05, 0.1) is 11.8 Å². The molecule has 0 unspecified atom stereocenters. The second kappa shape index (κ2) is 7.48. The van der Waals surface area contributed by atoms with Crippen molar-refractivity contribution in [3.8, 4) is 0 Å². The monoisotopic (exact) mass is 351 g/mol. The van der Waals surface area contributed by atoms with Crippen molar-refractivity contribution in [2.75, 3.05) is 25.2 Å². The van der Waals surface area contributed by atoms with Crippen LogP contribution in [0.5, 0.6) is 0 Å². The maximum atomic E-state index is 11.9. The van der Waals surface area contributed by atoms with Crippen LogP contribution in [0.15, 0.2) is 35.7 Å². The van der Waals surface area contributed by atoms with Crippen LogP contribution in [0.2, 0.25) is 0 Å². The molecule has 0 aliphatic carbocycles. The number of amides is 3. The van der Waals surface area contributed by atoms with Gasteiger partial charge in [0.2, 0.25) is 5.91 Å². The first kappa shape index (κ1) is 18.0. The number of aryl methyl sites for hydroxylation is 1. The minimum atomic E-state index is -3.20. The predicted molar refractivity (Wildman–Crippen MR) is 92.3 cm³/mol. The van der Waals surface area contributed by atoms with E-state index in [0.717, 1.165) is 11.0 Å². The first-order valence-electron chi connectivity index (χ1n) is 7.53. The number of urea groups is 1. The highest BCUT2D eigenvalue weighted by atomic mass is 32.2. The molecule has 0 saturated heterocycles. The molecule has 0 spiro atoms. The summed E-state index contributed by atoms with van der Waals surface area (Å²) in [5, 5.41) is 6.38. The average Bonchev–Trinajstić information content (AvgIpc) is 2.83. The smallest absolute Gasteiger partial charge is 0.319 e. The lowest BCUT2D eigenvalue weighted by Gasteiger charge is -2.13. The van der Waals surface area contributed by atoms with Crippen molar-refractivity contribution in [1.82, 2.24) is 10.2 Å². The van der Waals surface area contributed by atoms with Gasteiger partial charge in [0.15, 0.2) is 9.84 Å². The Morgan fingerprint density at radius 3 is 2.67 bits per heavy atom. The van der Waals surface area contributed by atoms with Crippen molar-refractivity contribution < 1.29 is 18.0 Å². The van der Waals surface area contributed by atoms with E-state index in [1.807, 2.05) is 6.07 Å². The van der Waals surface area contributed by atoms with Crippen LogP contribution in [0.4, 0.5) is 10.5 Å². The quantitative estimate of drug-likeness (QED) is 0.831. The molecule has 1 aromatic carbocycles. The number of nitrogens with one attached hydrogen (secondary N) is 2. The van der Waals surface area contributed by atoms with Crippen LogP contribution in [-0.2, 0) is 21.1 Å². The van der Waals surface area contributed by atoms with Gasteiger partial charge in [0.25, 0.3) is 0 Å². The molecular weight excluding hydrogens is 330 g/mol. The molecule has 2 rings (SSSR count). The number of carbonyl (C=O) groups excluding carboxylic acids is 2. The lowest BCUT2D eigenvalue weighted by atomic mass is 10.1. The zero-order valence-electron chi connectivity index (χ0n) is 13.7. The van der Waals surface area contributed by atoms with Gasteiger partial charge in [-0.15, -0.1) is 0 Å². The van der Waals surface area contributed by atoms with E-state index in [9.17, 15) is 18.0 Å². The normalized spacial score (nSPS) is 18.2. The highest BCUT2D eigenvalue weighted by molar-refractivity contribution is 7.94. The number of hydrogen-bond acceptors (Lipinski definition) is 4. The SMILES string of the molecule is CN(C)C(=O)CCc1cccc(NC(=O)N[C@@H]2C=CS(=O)(=O)C2)c1. The lowest BCUT2D eigenvalue weighted by Crippen LogP contribution is -2.38. The minimum absolute atomic E-state index is 0.0420. The third-order valence-corrected chi connectivity index (χ3v) is 4.95. The molecule has 8 heteroatoms. The highest BCUT2D eigenvalue weighted by Crippen LogP contribution is 2.13. The van der Waals surface area contributed by atoms with Crippen molar-refractivity contribution in [3.05, 3.63) is 41.3 Å². The Morgan fingerprint density at radius 2 is 2.04 bits per heavy atom. The number of benzene rings is 1. The largest absolute Gasteiger partial charge is 0.349 e. The Balaban J connectivity index is 1.88. The van der Waals surface area contributed by atoms with Gasteiger partial charge < -0.3 is 15.5 Å². The van der Waals surface area contributed by atoms with Crippen LogP contribution in [0.25, 0.3) is 0 Å². The van der Waals surface area contributed by atoms with E-state index in [-0.39, 0.29) is 11.7 Å². The molecule has 1 aliphatic rings.